The molecule has 0 unspecified atom stereocenters. The van der Waals surface area contributed by atoms with E-state index in [2.05, 4.69) is 23.7 Å². The molecule has 0 aromatic carbocycles. The van der Waals surface area contributed by atoms with E-state index in [0.29, 0.717) is 0 Å². The summed E-state index contributed by atoms with van der Waals surface area (Å²) >= 11 is 1.67. The summed E-state index contributed by atoms with van der Waals surface area (Å²) < 4.78 is 0. The molecule has 1 N–H and O–H groups in total. The molecule has 1 aliphatic carbocycles. The molecule has 3 nitrogen and oxygen atoms in total. The van der Waals surface area contributed by atoms with Crippen LogP contribution in [0.1, 0.15) is 43.7 Å². The SMILES string of the molecule is CCCN(CC1CC1)c1nc(CC)c(CO)s1. The van der Waals surface area contributed by atoms with Gasteiger partial charge in [0, 0.05) is 13.1 Å². The molecule has 0 aliphatic heterocycles. The third-order valence-electron chi connectivity index (χ3n) is 3.19. The summed E-state index contributed by atoms with van der Waals surface area (Å²) in [6.07, 6.45) is 4.82. The summed E-state index contributed by atoms with van der Waals surface area (Å²) in [5.41, 5.74) is 1.07. The van der Waals surface area contributed by atoms with Crippen molar-refractivity contribution in [2.75, 3.05) is 18.0 Å². The van der Waals surface area contributed by atoms with Crippen molar-refractivity contribution in [2.45, 2.75) is 46.1 Å². The molecule has 1 saturated carbocycles. The lowest BCUT2D eigenvalue weighted by Crippen LogP contribution is -2.26. The van der Waals surface area contributed by atoms with E-state index in [4.69, 9.17) is 0 Å². The summed E-state index contributed by atoms with van der Waals surface area (Å²) in [7, 11) is 0. The maximum atomic E-state index is 9.32. The van der Waals surface area contributed by atoms with Crippen LogP contribution in [0, 0.1) is 5.92 Å². The number of rotatable bonds is 7. The van der Waals surface area contributed by atoms with Gasteiger partial charge >= 0.3 is 0 Å². The van der Waals surface area contributed by atoms with Crippen molar-refractivity contribution >= 4 is 16.5 Å². The summed E-state index contributed by atoms with van der Waals surface area (Å²) in [6.45, 7) is 6.67. The van der Waals surface area contributed by atoms with E-state index in [-0.39, 0.29) is 6.61 Å². The Morgan fingerprint density at radius 3 is 2.65 bits per heavy atom. The Morgan fingerprint density at radius 1 is 1.41 bits per heavy atom. The standard InChI is InChI=1S/C13H22N2OS/c1-3-7-15(8-10-5-6-10)13-14-11(4-2)12(9-16)17-13/h10,16H,3-9H2,1-2H3. The zero-order valence-electron chi connectivity index (χ0n) is 10.8. The van der Waals surface area contributed by atoms with Crippen LogP contribution < -0.4 is 4.90 Å². The molecule has 1 fully saturated rings. The molecule has 96 valence electrons. The average molecular weight is 254 g/mol. The highest BCUT2D eigenvalue weighted by Gasteiger charge is 2.25. The molecule has 0 spiro atoms. The van der Waals surface area contributed by atoms with E-state index < -0.39 is 0 Å². The van der Waals surface area contributed by atoms with Crippen LogP contribution in [0.3, 0.4) is 0 Å². The lowest BCUT2D eigenvalue weighted by molar-refractivity contribution is 0.284. The highest BCUT2D eigenvalue weighted by atomic mass is 32.1. The fourth-order valence-corrected chi connectivity index (χ4v) is 3.10. The molecule has 1 aliphatic rings. The maximum absolute atomic E-state index is 9.32. The molecule has 2 rings (SSSR count). The first kappa shape index (κ1) is 12.8. The van der Waals surface area contributed by atoms with E-state index in [1.54, 1.807) is 11.3 Å². The number of aromatic nitrogens is 1. The van der Waals surface area contributed by atoms with E-state index in [0.717, 1.165) is 47.6 Å². The molecule has 0 bridgehead atoms. The first-order valence-electron chi connectivity index (χ1n) is 6.62. The minimum atomic E-state index is 0.129. The molecule has 0 radical (unpaired) electrons. The normalized spacial score (nSPS) is 15.2. The lowest BCUT2D eigenvalue weighted by atomic mass is 10.3. The van der Waals surface area contributed by atoms with Crippen molar-refractivity contribution in [1.82, 2.24) is 4.98 Å². The highest BCUT2D eigenvalue weighted by molar-refractivity contribution is 7.15. The summed E-state index contributed by atoms with van der Waals surface area (Å²) in [4.78, 5) is 8.13. The Bertz CT molecular complexity index is 339. The van der Waals surface area contributed by atoms with Crippen molar-refractivity contribution in [3.63, 3.8) is 0 Å². The summed E-state index contributed by atoms with van der Waals surface area (Å²) in [6, 6.07) is 0. The first-order chi connectivity index (χ1) is 8.28. The van der Waals surface area contributed by atoms with Crippen LogP contribution in [-0.2, 0) is 13.0 Å². The zero-order valence-corrected chi connectivity index (χ0v) is 11.6. The fraction of sp³-hybridized carbons (Fsp3) is 0.769. The van der Waals surface area contributed by atoms with Gasteiger partial charge in [0.05, 0.1) is 17.2 Å². The molecule has 0 amide bonds. The zero-order chi connectivity index (χ0) is 12.3. The fourth-order valence-electron chi connectivity index (χ4n) is 2.05. The second kappa shape index (κ2) is 5.83. The van der Waals surface area contributed by atoms with Crippen molar-refractivity contribution in [3.05, 3.63) is 10.6 Å². The van der Waals surface area contributed by atoms with Gasteiger partial charge < -0.3 is 10.0 Å². The molecule has 17 heavy (non-hydrogen) atoms. The smallest absolute Gasteiger partial charge is 0.185 e. The predicted molar refractivity (Wildman–Crippen MR) is 72.6 cm³/mol. The van der Waals surface area contributed by atoms with Gasteiger partial charge in [0.2, 0.25) is 0 Å². The highest BCUT2D eigenvalue weighted by Crippen LogP contribution is 2.33. The van der Waals surface area contributed by atoms with Crippen molar-refractivity contribution in [1.29, 1.82) is 0 Å². The van der Waals surface area contributed by atoms with Crippen molar-refractivity contribution < 1.29 is 5.11 Å². The number of hydrogen-bond donors (Lipinski definition) is 1. The monoisotopic (exact) mass is 254 g/mol. The minimum Gasteiger partial charge on any atom is -0.391 e. The number of hydrogen-bond acceptors (Lipinski definition) is 4. The molecule has 1 aromatic heterocycles. The van der Waals surface area contributed by atoms with E-state index in [1.807, 2.05) is 0 Å². The van der Waals surface area contributed by atoms with Crippen LogP contribution in [0.5, 0.6) is 0 Å². The maximum Gasteiger partial charge on any atom is 0.185 e. The number of aliphatic hydroxyl groups excluding tert-OH is 1. The topological polar surface area (TPSA) is 36.4 Å². The second-order valence-electron chi connectivity index (χ2n) is 4.77. The molecular weight excluding hydrogens is 232 g/mol. The number of aryl methyl sites for hydroxylation is 1. The van der Waals surface area contributed by atoms with Gasteiger partial charge in [-0.25, -0.2) is 4.98 Å². The molecule has 4 heteroatoms. The van der Waals surface area contributed by atoms with Crippen LogP contribution >= 0.6 is 11.3 Å². The second-order valence-corrected chi connectivity index (χ2v) is 5.83. The number of nitrogens with zero attached hydrogens (tertiary/aromatic N) is 2. The van der Waals surface area contributed by atoms with Gasteiger partial charge in [-0.3, -0.25) is 0 Å². The lowest BCUT2D eigenvalue weighted by Gasteiger charge is -2.20. The minimum absolute atomic E-state index is 0.129. The average Bonchev–Trinajstić information content (AvgIpc) is 3.06. The van der Waals surface area contributed by atoms with Crippen LogP contribution in [0.4, 0.5) is 5.13 Å². The Kier molecular flexibility index (Phi) is 4.40. The Labute approximate surface area is 107 Å². The van der Waals surface area contributed by atoms with Crippen molar-refractivity contribution in [3.8, 4) is 0 Å². The van der Waals surface area contributed by atoms with Gasteiger partial charge in [-0.1, -0.05) is 25.2 Å². The van der Waals surface area contributed by atoms with E-state index in [1.165, 1.54) is 12.8 Å². The number of anilines is 1. The Balaban J connectivity index is 2.12. The Hall–Kier alpha value is -0.610. The van der Waals surface area contributed by atoms with Gasteiger partial charge in [0.15, 0.2) is 5.13 Å². The number of aliphatic hydroxyl groups is 1. The predicted octanol–water partition coefficient (Wildman–Crippen LogP) is 2.82. The van der Waals surface area contributed by atoms with Gasteiger partial charge in [-0.05, 0) is 31.6 Å². The van der Waals surface area contributed by atoms with Gasteiger partial charge in [0.1, 0.15) is 0 Å². The van der Waals surface area contributed by atoms with Crippen LogP contribution in [0.2, 0.25) is 0 Å². The number of thiazole rings is 1. The largest absolute Gasteiger partial charge is 0.391 e. The van der Waals surface area contributed by atoms with Gasteiger partial charge in [0.25, 0.3) is 0 Å². The molecule has 0 atom stereocenters. The molecule has 0 saturated heterocycles. The van der Waals surface area contributed by atoms with Crippen LogP contribution in [0.15, 0.2) is 0 Å². The van der Waals surface area contributed by atoms with Crippen molar-refractivity contribution in [2.24, 2.45) is 5.92 Å². The molecule has 1 heterocycles. The van der Waals surface area contributed by atoms with Gasteiger partial charge in [-0.15, -0.1) is 0 Å². The third-order valence-corrected chi connectivity index (χ3v) is 4.33. The Morgan fingerprint density at radius 2 is 2.18 bits per heavy atom. The van der Waals surface area contributed by atoms with E-state index in [9.17, 15) is 5.11 Å². The van der Waals surface area contributed by atoms with Gasteiger partial charge in [-0.2, -0.15) is 0 Å². The third kappa shape index (κ3) is 3.19. The first-order valence-corrected chi connectivity index (χ1v) is 7.44. The summed E-state index contributed by atoms with van der Waals surface area (Å²) in [5.74, 6) is 0.883. The molecular formula is C13H22N2OS. The quantitative estimate of drug-likeness (QED) is 0.813. The van der Waals surface area contributed by atoms with E-state index >= 15 is 0 Å². The van der Waals surface area contributed by atoms with Crippen LogP contribution in [0.25, 0.3) is 0 Å². The molecule has 1 aromatic rings. The summed E-state index contributed by atoms with van der Waals surface area (Å²) in [5, 5.41) is 10.4. The van der Waals surface area contributed by atoms with Crippen LogP contribution in [-0.4, -0.2) is 23.2 Å².